The zero-order valence-electron chi connectivity index (χ0n) is 7.44. The van der Waals surface area contributed by atoms with Crippen molar-refractivity contribution in [2.45, 2.75) is 0 Å². The van der Waals surface area contributed by atoms with Gasteiger partial charge >= 0.3 is 0 Å². The quantitative estimate of drug-likeness (QED) is 0.506. The summed E-state index contributed by atoms with van der Waals surface area (Å²) in [6.07, 6.45) is 1.98. The molecule has 0 aliphatic carbocycles. The summed E-state index contributed by atoms with van der Waals surface area (Å²) in [5, 5.41) is 0.925. The number of hydrogen-bond donors (Lipinski definition) is 0. The van der Waals surface area contributed by atoms with Crippen molar-refractivity contribution >= 4 is 16.4 Å². The van der Waals surface area contributed by atoms with Crippen molar-refractivity contribution in [3.8, 4) is 0 Å². The Morgan fingerprint density at radius 2 is 1.93 bits per heavy atom. The smallest absolute Gasteiger partial charge is 0.123 e. The molecule has 2 heteroatoms. The molecule has 0 amide bonds. The van der Waals surface area contributed by atoms with Gasteiger partial charge in [-0.3, -0.25) is 0 Å². The largest absolute Gasteiger partial charge is 0.317 e. The molecule has 0 N–H and O–H groups in total. The molecule has 0 saturated heterocycles. The monoisotopic (exact) mass is 185 g/mol. The van der Waals surface area contributed by atoms with E-state index in [4.69, 9.17) is 0 Å². The van der Waals surface area contributed by atoms with Gasteiger partial charge in [-0.1, -0.05) is 6.07 Å². The maximum atomic E-state index is 13.0. The van der Waals surface area contributed by atoms with Gasteiger partial charge in [-0.25, -0.2) is 4.39 Å². The van der Waals surface area contributed by atoms with E-state index in [9.17, 15) is 4.39 Å². The molecule has 0 spiro atoms. The van der Waals surface area contributed by atoms with Gasteiger partial charge in [0.15, 0.2) is 0 Å². The Hall–Kier alpha value is -1.83. The molecular formula is C12H8FN. The summed E-state index contributed by atoms with van der Waals surface area (Å²) in [6, 6.07) is 12.8. The van der Waals surface area contributed by atoms with Crippen LogP contribution in [-0.2, 0) is 0 Å². The summed E-state index contributed by atoms with van der Waals surface area (Å²) in [7, 11) is 0. The van der Waals surface area contributed by atoms with Crippen molar-refractivity contribution in [3.63, 3.8) is 0 Å². The lowest BCUT2D eigenvalue weighted by atomic mass is 10.2. The minimum absolute atomic E-state index is 0.191. The third-order valence-electron chi connectivity index (χ3n) is 2.46. The molecule has 0 fully saturated rings. The third-order valence-corrected chi connectivity index (χ3v) is 2.46. The molecule has 68 valence electrons. The van der Waals surface area contributed by atoms with Gasteiger partial charge in [-0.2, -0.15) is 0 Å². The highest BCUT2D eigenvalue weighted by Gasteiger charge is 1.99. The molecule has 0 atom stereocenters. The van der Waals surface area contributed by atoms with Crippen LogP contribution >= 0.6 is 0 Å². The van der Waals surface area contributed by atoms with Gasteiger partial charge in [0.05, 0.1) is 5.52 Å². The van der Waals surface area contributed by atoms with E-state index in [1.54, 1.807) is 12.1 Å². The number of rotatable bonds is 0. The second kappa shape index (κ2) is 2.58. The van der Waals surface area contributed by atoms with Crippen LogP contribution in [0.5, 0.6) is 0 Å². The lowest BCUT2D eigenvalue weighted by Gasteiger charge is -2.02. The molecule has 3 aromatic rings. The van der Waals surface area contributed by atoms with E-state index in [1.165, 1.54) is 6.07 Å². The van der Waals surface area contributed by atoms with Crippen LogP contribution in [0.4, 0.5) is 4.39 Å². The first-order valence-electron chi connectivity index (χ1n) is 4.50. The SMILES string of the molecule is Fc1ccc2c(ccc3cccn32)c1. The van der Waals surface area contributed by atoms with Crippen LogP contribution in [0, 0.1) is 5.82 Å². The fourth-order valence-electron chi connectivity index (χ4n) is 1.80. The molecule has 0 saturated carbocycles. The van der Waals surface area contributed by atoms with Crippen LogP contribution in [0.3, 0.4) is 0 Å². The van der Waals surface area contributed by atoms with E-state index >= 15 is 0 Å². The fourth-order valence-corrected chi connectivity index (χ4v) is 1.80. The van der Waals surface area contributed by atoms with E-state index in [1.807, 2.05) is 30.5 Å². The van der Waals surface area contributed by atoms with Crippen molar-refractivity contribution in [2.75, 3.05) is 0 Å². The molecular weight excluding hydrogens is 177 g/mol. The summed E-state index contributed by atoms with van der Waals surface area (Å²) >= 11 is 0. The van der Waals surface area contributed by atoms with Crippen molar-refractivity contribution in [1.29, 1.82) is 0 Å². The minimum Gasteiger partial charge on any atom is -0.317 e. The first kappa shape index (κ1) is 7.56. The van der Waals surface area contributed by atoms with Gasteiger partial charge in [-0.15, -0.1) is 0 Å². The molecule has 3 rings (SSSR count). The molecule has 0 bridgehead atoms. The molecule has 0 aliphatic heterocycles. The van der Waals surface area contributed by atoms with Gasteiger partial charge in [-0.05, 0) is 36.4 Å². The Kier molecular flexibility index (Phi) is 1.39. The normalized spacial score (nSPS) is 11.2. The number of pyridine rings is 1. The Morgan fingerprint density at radius 3 is 2.86 bits per heavy atom. The first-order valence-corrected chi connectivity index (χ1v) is 4.50. The Bertz CT molecular complexity index is 610. The predicted molar refractivity (Wildman–Crippen MR) is 54.9 cm³/mol. The molecule has 0 aliphatic rings. The van der Waals surface area contributed by atoms with Crippen molar-refractivity contribution in [3.05, 3.63) is 54.5 Å². The lowest BCUT2D eigenvalue weighted by Crippen LogP contribution is -1.86. The Balaban J connectivity index is 2.57. The Labute approximate surface area is 80.4 Å². The van der Waals surface area contributed by atoms with Gasteiger partial charge < -0.3 is 4.40 Å². The average Bonchev–Trinajstić information content (AvgIpc) is 2.65. The summed E-state index contributed by atoms with van der Waals surface area (Å²) < 4.78 is 15.0. The molecule has 2 heterocycles. The third kappa shape index (κ3) is 0.940. The topological polar surface area (TPSA) is 4.41 Å². The standard InChI is InChI=1S/C12H8FN/c13-10-4-6-12-9(8-10)3-5-11-2-1-7-14(11)12/h1-8H. The van der Waals surface area contributed by atoms with Crippen LogP contribution in [0.15, 0.2) is 48.7 Å². The zero-order valence-corrected chi connectivity index (χ0v) is 7.44. The minimum atomic E-state index is -0.191. The second-order valence-corrected chi connectivity index (χ2v) is 3.34. The highest BCUT2D eigenvalue weighted by Crippen LogP contribution is 2.18. The van der Waals surface area contributed by atoms with Crippen molar-refractivity contribution in [2.24, 2.45) is 0 Å². The fraction of sp³-hybridized carbons (Fsp3) is 0. The molecule has 0 unspecified atom stereocenters. The molecule has 1 aromatic carbocycles. The number of benzene rings is 1. The number of fused-ring (bicyclic) bond motifs is 3. The lowest BCUT2D eigenvalue weighted by molar-refractivity contribution is 0.629. The molecule has 0 radical (unpaired) electrons. The summed E-state index contributed by atoms with van der Waals surface area (Å²) in [5.74, 6) is -0.191. The first-order chi connectivity index (χ1) is 6.84. The zero-order chi connectivity index (χ0) is 9.54. The van der Waals surface area contributed by atoms with Crippen molar-refractivity contribution < 1.29 is 4.39 Å². The predicted octanol–water partition coefficient (Wildman–Crippen LogP) is 3.23. The van der Waals surface area contributed by atoms with Crippen LogP contribution in [-0.4, -0.2) is 4.40 Å². The van der Waals surface area contributed by atoms with Crippen LogP contribution in [0.25, 0.3) is 16.4 Å². The summed E-state index contributed by atoms with van der Waals surface area (Å²) in [4.78, 5) is 0. The highest BCUT2D eigenvalue weighted by atomic mass is 19.1. The molecule has 2 aromatic heterocycles. The van der Waals surface area contributed by atoms with E-state index in [-0.39, 0.29) is 5.82 Å². The maximum absolute atomic E-state index is 13.0. The number of hydrogen-bond acceptors (Lipinski definition) is 0. The maximum Gasteiger partial charge on any atom is 0.123 e. The van der Waals surface area contributed by atoms with E-state index in [0.29, 0.717) is 0 Å². The number of halogens is 1. The summed E-state index contributed by atoms with van der Waals surface area (Å²) in [5.41, 5.74) is 2.16. The van der Waals surface area contributed by atoms with Crippen LogP contribution in [0.2, 0.25) is 0 Å². The van der Waals surface area contributed by atoms with Gasteiger partial charge in [0, 0.05) is 17.1 Å². The molecule has 14 heavy (non-hydrogen) atoms. The van der Waals surface area contributed by atoms with E-state index in [0.717, 1.165) is 16.4 Å². The summed E-state index contributed by atoms with van der Waals surface area (Å²) in [6.45, 7) is 0. The number of nitrogens with zero attached hydrogens (tertiary/aromatic N) is 1. The van der Waals surface area contributed by atoms with E-state index < -0.39 is 0 Å². The van der Waals surface area contributed by atoms with Gasteiger partial charge in [0.25, 0.3) is 0 Å². The van der Waals surface area contributed by atoms with Crippen LogP contribution < -0.4 is 0 Å². The van der Waals surface area contributed by atoms with Gasteiger partial charge in [0.2, 0.25) is 0 Å². The highest BCUT2D eigenvalue weighted by molar-refractivity contribution is 5.82. The van der Waals surface area contributed by atoms with Crippen molar-refractivity contribution in [1.82, 2.24) is 4.40 Å². The second-order valence-electron chi connectivity index (χ2n) is 3.34. The average molecular weight is 185 g/mol. The van der Waals surface area contributed by atoms with Crippen LogP contribution in [0.1, 0.15) is 0 Å². The Morgan fingerprint density at radius 1 is 1.00 bits per heavy atom. The van der Waals surface area contributed by atoms with Gasteiger partial charge in [0.1, 0.15) is 5.82 Å². The van der Waals surface area contributed by atoms with E-state index in [2.05, 4.69) is 4.40 Å². The number of aromatic nitrogens is 1. The molecule has 1 nitrogen and oxygen atoms in total.